The molecule has 30 heavy (non-hydrogen) atoms. The van der Waals surface area contributed by atoms with Crippen molar-refractivity contribution in [2.45, 2.75) is 31.5 Å². The highest BCUT2D eigenvalue weighted by Gasteiger charge is 2.31. The molecule has 1 atom stereocenters. The Morgan fingerprint density at radius 3 is 2.53 bits per heavy atom. The van der Waals surface area contributed by atoms with Gasteiger partial charge in [0.25, 0.3) is 11.8 Å². The van der Waals surface area contributed by atoms with Gasteiger partial charge in [-0.15, -0.1) is 0 Å². The van der Waals surface area contributed by atoms with Crippen LogP contribution in [0.1, 0.15) is 45.5 Å². The van der Waals surface area contributed by atoms with Gasteiger partial charge in [-0.3, -0.25) is 14.4 Å². The van der Waals surface area contributed by atoms with Crippen LogP contribution in [-0.2, 0) is 11.0 Å². The van der Waals surface area contributed by atoms with Crippen molar-refractivity contribution in [3.05, 3.63) is 65.2 Å². The first-order valence-corrected chi connectivity index (χ1v) is 9.42. The zero-order valence-electron chi connectivity index (χ0n) is 15.9. The van der Waals surface area contributed by atoms with Gasteiger partial charge in [0.1, 0.15) is 6.04 Å². The van der Waals surface area contributed by atoms with E-state index in [1.165, 1.54) is 18.2 Å². The number of anilines is 1. The number of carbonyl (C=O) groups is 3. The Labute approximate surface area is 170 Å². The van der Waals surface area contributed by atoms with Crippen LogP contribution in [0.4, 0.5) is 18.9 Å². The summed E-state index contributed by atoms with van der Waals surface area (Å²) in [5, 5.41) is 7.86. The van der Waals surface area contributed by atoms with Gasteiger partial charge in [0.15, 0.2) is 0 Å². The predicted molar refractivity (Wildman–Crippen MR) is 104 cm³/mol. The largest absolute Gasteiger partial charge is 0.416 e. The van der Waals surface area contributed by atoms with Gasteiger partial charge < -0.3 is 16.0 Å². The highest BCUT2D eigenvalue weighted by molar-refractivity contribution is 6.09. The summed E-state index contributed by atoms with van der Waals surface area (Å²) in [6, 6.07) is 9.42. The van der Waals surface area contributed by atoms with Crippen molar-refractivity contribution >= 4 is 23.4 Å². The molecule has 1 fully saturated rings. The molecule has 1 aliphatic heterocycles. The van der Waals surface area contributed by atoms with Gasteiger partial charge in [0.2, 0.25) is 5.91 Å². The van der Waals surface area contributed by atoms with E-state index in [0.29, 0.717) is 13.0 Å². The van der Waals surface area contributed by atoms with Crippen molar-refractivity contribution in [1.82, 2.24) is 10.6 Å². The number of alkyl halides is 3. The van der Waals surface area contributed by atoms with Gasteiger partial charge >= 0.3 is 6.18 Å². The normalized spacial score (nSPS) is 16.9. The fourth-order valence-electron chi connectivity index (χ4n) is 3.13. The number of nitrogens with one attached hydrogen (secondary N) is 3. The number of rotatable bonds is 4. The first kappa shape index (κ1) is 21.4. The van der Waals surface area contributed by atoms with Gasteiger partial charge in [0.05, 0.1) is 16.8 Å². The van der Waals surface area contributed by atoms with Gasteiger partial charge in [-0.25, -0.2) is 0 Å². The molecule has 2 aromatic rings. The summed E-state index contributed by atoms with van der Waals surface area (Å²) in [5.74, 6) is -1.61. The second-order valence-corrected chi connectivity index (χ2v) is 6.89. The second-order valence-electron chi connectivity index (χ2n) is 6.89. The summed E-state index contributed by atoms with van der Waals surface area (Å²) in [4.78, 5) is 37.2. The molecular weight excluding hydrogens is 399 g/mol. The van der Waals surface area contributed by atoms with E-state index in [1.807, 2.05) is 0 Å². The van der Waals surface area contributed by atoms with Crippen LogP contribution in [0.2, 0.25) is 0 Å². The van der Waals surface area contributed by atoms with Crippen LogP contribution in [-0.4, -0.2) is 30.3 Å². The van der Waals surface area contributed by atoms with Crippen LogP contribution in [0, 0.1) is 0 Å². The summed E-state index contributed by atoms with van der Waals surface area (Å²) in [6.07, 6.45) is -2.48. The number of benzene rings is 2. The minimum absolute atomic E-state index is 0.106. The summed E-state index contributed by atoms with van der Waals surface area (Å²) in [7, 11) is 0. The molecule has 3 N–H and O–H groups in total. The van der Waals surface area contributed by atoms with Crippen molar-refractivity contribution < 1.29 is 27.6 Å². The number of amides is 3. The molecule has 0 bridgehead atoms. The van der Waals surface area contributed by atoms with E-state index in [-0.39, 0.29) is 22.7 Å². The summed E-state index contributed by atoms with van der Waals surface area (Å²) < 4.78 is 38.7. The highest BCUT2D eigenvalue weighted by Crippen LogP contribution is 2.29. The second kappa shape index (κ2) is 8.98. The fourth-order valence-corrected chi connectivity index (χ4v) is 3.13. The molecule has 6 nitrogen and oxygen atoms in total. The van der Waals surface area contributed by atoms with E-state index < -0.39 is 29.6 Å². The van der Waals surface area contributed by atoms with E-state index in [9.17, 15) is 27.6 Å². The van der Waals surface area contributed by atoms with Crippen LogP contribution < -0.4 is 16.0 Å². The average molecular weight is 419 g/mol. The average Bonchev–Trinajstić information content (AvgIpc) is 2.92. The summed E-state index contributed by atoms with van der Waals surface area (Å²) >= 11 is 0. The highest BCUT2D eigenvalue weighted by atomic mass is 19.4. The molecule has 2 aromatic carbocycles. The van der Waals surface area contributed by atoms with E-state index in [2.05, 4.69) is 16.0 Å². The molecule has 0 aliphatic carbocycles. The van der Waals surface area contributed by atoms with Crippen molar-refractivity contribution in [2.75, 3.05) is 11.9 Å². The molecule has 0 spiro atoms. The smallest absolute Gasteiger partial charge is 0.354 e. The molecule has 3 rings (SSSR count). The lowest BCUT2D eigenvalue weighted by atomic mass is 10.1. The Kier molecular flexibility index (Phi) is 6.39. The van der Waals surface area contributed by atoms with Crippen molar-refractivity contribution in [3.63, 3.8) is 0 Å². The predicted octanol–water partition coefficient (Wildman–Crippen LogP) is 3.36. The van der Waals surface area contributed by atoms with Crippen LogP contribution in [0.15, 0.2) is 48.5 Å². The fraction of sp³-hybridized carbons (Fsp3) is 0.286. The number of para-hydroxylation sites is 1. The molecule has 1 unspecified atom stereocenters. The number of halogens is 3. The van der Waals surface area contributed by atoms with Crippen LogP contribution in [0.3, 0.4) is 0 Å². The van der Waals surface area contributed by atoms with E-state index >= 15 is 0 Å². The number of hydrogen-bond donors (Lipinski definition) is 3. The van der Waals surface area contributed by atoms with Gasteiger partial charge in [0, 0.05) is 12.1 Å². The molecule has 1 aliphatic rings. The molecule has 1 heterocycles. The number of hydrogen-bond acceptors (Lipinski definition) is 3. The molecule has 3 amide bonds. The van der Waals surface area contributed by atoms with E-state index in [1.54, 1.807) is 12.1 Å². The SMILES string of the molecule is O=C(Nc1ccccc1C(=O)NC1CCCCNC1=O)c1cccc(C(F)(F)F)c1. The maximum Gasteiger partial charge on any atom is 0.416 e. The molecular formula is C21H20F3N3O3. The molecule has 0 aromatic heterocycles. The third-order valence-corrected chi connectivity index (χ3v) is 4.71. The lowest BCUT2D eigenvalue weighted by molar-refractivity contribution is -0.137. The Bertz CT molecular complexity index is 960. The molecule has 9 heteroatoms. The Morgan fingerprint density at radius 1 is 1.00 bits per heavy atom. The van der Waals surface area contributed by atoms with Crippen LogP contribution in [0.5, 0.6) is 0 Å². The maximum absolute atomic E-state index is 12.9. The first-order valence-electron chi connectivity index (χ1n) is 9.42. The van der Waals surface area contributed by atoms with Crippen LogP contribution >= 0.6 is 0 Å². The van der Waals surface area contributed by atoms with Gasteiger partial charge in [-0.1, -0.05) is 18.2 Å². The minimum Gasteiger partial charge on any atom is -0.354 e. The maximum atomic E-state index is 12.9. The number of carbonyl (C=O) groups excluding carboxylic acids is 3. The third kappa shape index (κ3) is 5.16. The van der Waals surface area contributed by atoms with Crippen molar-refractivity contribution in [1.29, 1.82) is 0 Å². The zero-order chi connectivity index (χ0) is 21.7. The molecule has 0 radical (unpaired) electrons. The third-order valence-electron chi connectivity index (χ3n) is 4.71. The Hall–Kier alpha value is -3.36. The van der Waals surface area contributed by atoms with E-state index in [0.717, 1.165) is 31.0 Å². The van der Waals surface area contributed by atoms with Gasteiger partial charge in [-0.2, -0.15) is 13.2 Å². The topological polar surface area (TPSA) is 87.3 Å². The van der Waals surface area contributed by atoms with Crippen molar-refractivity contribution in [3.8, 4) is 0 Å². The lowest BCUT2D eigenvalue weighted by Gasteiger charge is -2.17. The van der Waals surface area contributed by atoms with E-state index in [4.69, 9.17) is 0 Å². The summed E-state index contributed by atoms with van der Waals surface area (Å²) in [5.41, 5.74) is -0.898. The Morgan fingerprint density at radius 2 is 1.77 bits per heavy atom. The monoisotopic (exact) mass is 419 g/mol. The van der Waals surface area contributed by atoms with Crippen molar-refractivity contribution in [2.24, 2.45) is 0 Å². The first-order chi connectivity index (χ1) is 14.3. The minimum atomic E-state index is -4.58. The van der Waals surface area contributed by atoms with Gasteiger partial charge in [-0.05, 0) is 49.6 Å². The molecule has 0 saturated carbocycles. The zero-order valence-corrected chi connectivity index (χ0v) is 15.9. The molecule has 1 saturated heterocycles. The quantitative estimate of drug-likeness (QED) is 0.710. The van der Waals surface area contributed by atoms with Crippen LogP contribution in [0.25, 0.3) is 0 Å². The Balaban J connectivity index is 1.77. The summed E-state index contributed by atoms with van der Waals surface area (Å²) in [6.45, 7) is 0.550. The lowest BCUT2D eigenvalue weighted by Crippen LogP contribution is -2.45. The standard InChI is InChI=1S/C21H20F3N3O3/c22-21(23,24)14-7-5-6-13(12-14)18(28)26-16-9-2-1-8-15(16)19(29)27-17-10-3-4-11-25-20(17)30/h1-2,5-9,12,17H,3-4,10-11H2,(H,25,30)(H,26,28)(H,27,29). The molecule has 158 valence electrons.